The lowest BCUT2D eigenvalue weighted by Crippen LogP contribution is -2.22. The van der Waals surface area contributed by atoms with E-state index in [1.54, 1.807) is 0 Å². The molecule has 1 N–H and O–H groups in total. The third kappa shape index (κ3) is 4.26. The van der Waals surface area contributed by atoms with Gasteiger partial charge in [0.1, 0.15) is 0 Å². The summed E-state index contributed by atoms with van der Waals surface area (Å²) in [6, 6.07) is 8.29. The molecule has 1 rings (SSSR count). The van der Waals surface area contributed by atoms with Crippen LogP contribution >= 0.6 is 11.6 Å². The Kier molecular flexibility index (Phi) is 6.00. The van der Waals surface area contributed by atoms with E-state index in [9.17, 15) is 0 Å². The average Bonchev–Trinajstić information content (AvgIpc) is 2.29. The quantitative estimate of drug-likeness (QED) is 0.740. The van der Waals surface area contributed by atoms with E-state index in [1.165, 1.54) is 5.56 Å². The Hall–Kier alpha value is -0.970. The molecule has 0 saturated heterocycles. The van der Waals surface area contributed by atoms with Gasteiger partial charge in [0.2, 0.25) is 0 Å². The molecule has 1 aromatic rings. The molecule has 1 unspecified atom stereocenters. The fourth-order valence-corrected chi connectivity index (χ4v) is 1.85. The van der Waals surface area contributed by atoms with Crippen LogP contribution < -0.4 is 5.32 Å². The van der Waals surface area contributed by atoms with Gasteiger partial charge in [-0.05, 0) is 37.1 Å². The Morgan fingerprint density at radius 3 is 2.94 bits per heavy atom. The van der Waals surface area contributed by atoms with E-state index in [-0.39, 0.29) is 0 Å². The van der Waals surface area contributed by atoms with E-state index in [4.69, 9.17) is 18.0 Å². The molecule has 16 heavy (non-hydrogen) atoms. The van der Waals surface area contributed by atoms with Crippen LogP contribution in [0.25, 0.3) is 0 Å². The highest BCUT2D eigenvalue weighted by Gasteiger charge is 2.09. The topological polar surface area (TPSA) is 12.0 Å². The molecule has 2 heteroatoms. The lowest BCUT2D eigenvalue weighted by molar-refractivity contribution is 0.505. The first kappa shape index (κ1) is 13.1. The summed E-state index contributed by atoms with van der Waals surface area (Å²) in [6.07, 6.45) is 8.17. The van der Waals surface area contributed by atoms with Crippen LogP contribution in [0, 0.1) is 12.3 Å². The highest BCUT2D eigenvalue weighted by Crippen LogP contribution is 2.21. The molecule has 1 aromatic carbocycles. The van der Waals surface area contributed by atoms with Gasteiger partial charge in [-0.2, -0.15) is 0 Å². The molecule has 0 fully saturated rings. The Bertz CT molecular complexity index is 354. The first-order valence-corrected chi connectivity index (χ1v) is 6.08. The summed E-state index contributed by atoms with van der Waals surface area (Å²) in [5.74, 6) is 2.69. The maximum Gasteiger partial charge on any atom is 0.0409 e. The summed E-state index contributed by atoms with van der Waals surface area (Å²) in [5.41, 5.74) is 1.22. The van der Waals surface area contributed by atoms with Gasteiger partial charge < -0.3 is 5.32 Å². The molecule has 1 atom stereocenters. The Morgan fingerprint density at radius 2 is 2.31 bits per heavy atom. The zero-order valence-corrected chi connectivity index (χ0v) is 10.4. The van der Waals surface area contributed by atoms with Crippen LogP contribution in [0.4, 0.5) is 0 Å². The fraction of sp³-hybridized carbons (Fsp3) is 0.429. The summed E-state index contributed by atoms with van der Waals surface area (Å²) < 4.78 is 0. The first-order chi connectivity index (χ1) is 7.77. The number of halogens is 1. The van der Waals surface area contributed by atoms with Gasteiger partial charge in [-0.1, -0.05) is 30.7 Å². The predicted molar refractivity (Wildman–Crippen MR) is 70.6 cm³/mol. The van der Waals surface area contributed by atoms with Crippen molar-refractivity contribution in [3.05, 3.63) is 34.9 Å². The Morgan fingerprint density at radius 1 is 1.50 bits per heavy atom. The highest BCUT2D eigenvalue weighted by molar-refractivity contribution is 6.30. The Labute approximate surface area is 103 Å². The standard InChI is InChI=1S/C14H18ClN/c1-3-5-9-14(16-10-4-2)12-7-6-8-13(15)11-12/h1,6-8,11,14,16H,4-5,9-10H2,2H3. The van der Waals surface area contributed by atoms with Gasteiger partial charge in [-0.25, -0.2) is 0 Å². The number of nitrogens with one attached hydrogen (secondary N) is 1. The third-order valence-corrected chi connectivity index (χ3v) is 2.70. The van der Waals surface area contributed by atoms with Crippen molar-refractivity contribution in [2.24, 2.45) is 0 Å². The van der Waals surface area contributed by atoms with Crippen molar-refractivity contribution in [3.8, 4) is 12.3 Å². The van der Waals surface area contributed by atoms with Crippen molar-refractivity contribution < 1.29 is 0 Å². The third-order valence-electron chi connectivity index (χ3n) is 2.47. The molecule has 0 heterocycles. The second kappa shape index (κ2) is 7.33. The molecule has 1 nitrogen and oxygen atoms in total. The summed E-state index contributed by atoms with van der Waals surface area (Å²) in [4.78, 5) is 0. The van der Waals surface area contributed by atoms with Crippen LogP contribution in [0.5, 0.6) is 0 Å². The highest BCUT2D eigenvalue weighted by atomic mass is 35.5. The zero-order chi connectivity index (χ0) is 11.8. The monoisotopic (exact) mass is 235 g/mol. The van der Waals surface area contributed by atoms with Crippen LogP contribution in [0.2, 0.25) is 5.02 Å². The van der Waals surface area contributed by atoms with Crippen molar-refractivity contribution >= 4 is 11.6 Å². The van der Waals surface area contributed by atoms with E-state index in [0.29, 0.717) is 6.04 Å². The van der Waals surface area contributed by atoms with E-state index in [1.807, 2.05) is 18.2 Å². The van der Waals surface area contributed by atoms with E-state index in [0.717, 1.165) is 30.8 Å². The SMILES string of the molecule is C#CCCC(NCCC)c1cccc(Cl)c1. The van der Waals surface area contributed by atoms with E-state index in [2.05, 4.69) is 24.2 Å². The lowest BCUT2D eigenvalue weighted by Gasteiger charge is -2.18. The summed E-state index contributed by atoms with van der Waals surface area (Å²) in [6.45, 7) is 3.16. The van der Waals surface area contributed by atoms with Crippen molar-refractivity contribution in [1.29, 1.82) is 0 Å². The van der Waals surface area contributed by atoms with E-state index >= 15 is 0 Å². The zero-order valence-electron chi connectivity index (χ0n) is 9.67. The largest absolute Gasteiger partial charge is 0.310 e. The second-order valence-electron chi connectivity index (χ2n) is 3.80. The maximum absolute atomic E-state index is 5.99. The molecular formula is C14H18ClN. The minimum Gasteiger partial charge on any atom is -0.310 e. The number of rotatable bonds is 6. The van der Waals surface area contributed by atoms with E-state index < -0.39 is 0 Å². The molecular weight excluding hydrogens is 218 g/mol. The summed E-state index contributed by atoms with van der Waals surface area (Å²) >= 11 is 5.99. The molecule has 0 aliphatic rings. The predicted octanol–water partition coefficient (Wildman–Crippen LogP) is 3.79. The normalized spacial score (nSPS) is 12.1. The van der Waals surface area contributed by atoms with Crippen LogP contribution in [-0.4, -0.2) is 6.54 Å². The average molecular weight is 236 g/mol. The van der Waals surface area contributed by atoms with Crippen LogP contribution in [0.15, 0.2) is 24.3 Å². The van der Waals surface area contributed by atoms with Gasteiger partial charge in [-0.3, -0.25) is 0 Å². The molecule has 0 aliphatic carbocycles. The molecule has 86 valence electrons. The number of hydrogen-bond donors (Lipinski definition) is 1. The first-order valence-electron chi connectivity index (χ1n) is 5.70. The Balaban J connectivity index is 2.70. The molecule has 0 bridgehead atoms. The molecule has 0 spiro atoms. The molecule has 0 aromatic heterocycles. The lowest BCUT2D eigenvalue weighted by atomic mass is 10.0. The van der Waals surface area contributed by atoms with Crippen molar-refractivity contribution in [1.82, 2.24) is 5.32 Å². The number of benzene rings is 1. The summed E-state index contributed by atoms with van der Waals surface area (Å²) in [7, 11) is 0. The van der Waals surface area contributed by atoms with Gasteiger partial charge in [0.05, 0.1) is 0 Å². The van der Waals surface area contributed by atoms with Gasteiger partial charge >= 0.3 is 0 Å². The van der Waals surface area contributed by atoms with Crippen LogP contribution in [0.3, 0.4) is 0 Å². The van der Waals surface area contributed by atoms with Crippen molar-refractivity contribution in [2.45, 2.75) is 32.2 Å². The summed E-state index contributed by atoms with van der Waals surface area (Å²) in [5, 5.41) is 4.27. The molecule has 0 aliphatic heterocycles. The second-order valence-corrected chi connectivity index (χ2v) is 4.24. The van der Waals surface area contributed by atoms with Crippen LogP contribution in [-0.2, 0) is 0 Å². The van der Waals surface area contributed by atoms with Gasteiger partial charge in [0, 0.05) is 17.5 Å². The fourth-order valence-electron chi connectivity index (χ4n) is 1.66. The van der Waals surface area contributed by atoms with Gasteiger partial charge in [-0.15, -0.1) is 12.3 Å². The molecule has 0 radical (unpaired) electrons. The van der Waals surface area contributed by atoms with Crippen LogP contribution in [0.1, 0.15) is 37.8 Å². The molecule has 0 saturated carbocycles. The van der Waals surface area contributed by atoms with Crippen molar-refractivity contribution in [3.63, 3.8) is 0 Å². The number of hydrogen-bond acceptors (Lipinski definition) is 1. The van der Waals surface area contributed by atoms with Crippen molar-refractivity contribution in [2.75, 3.05) is 6.54 Å². The van der Waals surface area contributed by atoms with Gasteiger partial charge in [0.15, 0.2) is 0 Å². The minimum atomic E-state index is 0.315. The minimum absolute atomic E-state index is 0.315. The maximum atomic E-state index is 5.99. The van der Waals surface area contributed by atoms with Gasteiger partial charge in [0.25, 0.3) is 0 Å². The number of terminal acetylenes is 1. The molecule has 0 amide bonds. The smallest absolute Gasteiger partial charge is 0.0409 e.